The molecular weight excluding hydrogens is 224 g/mol. The van der Waals surface area contributed by atoms with Crippen LogP contribution >= 0.6 is 0 Å². The summed E-state index contributed by atoms with van der Waals surface area (Å²) in [6.07, 6.45) is 5.67. The lowest BCUT2D eigenvalue weighted by Gasteiger charge is -2.33. The van der Waals surface area contributed by atoms with Crippen molar-refractivity contribution in [2.24, 2.45) is 5.92 Å². The molecule has 0 bridgehead atoms. The van der Waals surface area contributed by atoms with E-state index in [2.05, 4.69) is 0 Å². The maximum Gasteiger partial charge on any atom is 0.165 e. The lowest BCUT2D eigenvalue weighted by Crippen LogP contribution is -2.35. The average molecular weight is 246 g/mol. The molecule has 0 radical (unpaired) electrons. The van der Waals surface area contributed by atoms with Crippen LogP contribution in [0.3, 0.4) is 0 Å². The Hall–Kier alpha value is -1.15. The Morgan fingerprint density at radius 2 is 1.83 bits per heavy atom. The van der Waals surface area contributed by atoms with Gasteiger partial charge < -0.3 is 5.11 Å². The van der Waals surface area contributed by atoms with Crippen LogP contribution in [0, 0.1) is 5.92 Å². The second kappa shape index (κ2) is 5.66. The highest BCUT2D eigenvalue weighted by molar-refractivity contribution is 5.97. The van der Waals surface area contributed by atoms with Crippen molar-refractivity contribution in [2.45, 2.75) is 51.0 Å². The summed E-state index contributed by atoms with van der Waals surface area (Å²) in [5.41, 5.74) is 0.145. The van der Waals surface area contributed by atoms with Gasteiger partial charge in [0.15, 0.2) is 5.78 Å². The van der Waals surface area contributed by atoms with Crippen molar-refractivity contribution in [3.63, 3.8) is 0 Å². The highest BCUT2D eigenvalue weighted by atomic mass is 16.3. The smallest absolute Gasteiger partial charge is 0.165 e. The van der Waals surface area contributed by atoms with E-state index in [1.807, 2.05) is 37.3 Å². The van der Waals surface area contributed by atoms with Gasteiger partial charge in [0, 0.05) is 11.5 Å². The first-order valence-corrected chi connectivity index (χ1v) is 6.92. The molecule has 1 aromatic carbocycles. The Kier molecular flexibility index (Phi) is 4.18. The van der Waals surface area contributed by atoms with Gasteiger partial charge in [-0.05, 0) is 19.3 Å². The van der Waals surface area contributed by atoms with Crippen LogP contribution in [0.15, 0.2) is 30.3 Å². The molecule has 0 amide bonds. The molecule has 0 saturated heterocycles. The Morgan fingerprint density at radius 3 is 2.44 bits per heavy atom. The standard InChI is InChI=1S/C16H22O2/c1-13(12-16(18)10-6-3-7-11-16)15(17)14-8-4-2-5-9-14/h2,4-5,8-9,13,18H,3,6-7,10-12H2,1H3. The number of carbonyl (C=O) groups is 1. The van der Waals surface area contributed by atoms with E-state index < -0.39 is 5.60 Å². The quantitative estimate of drug-likeness (QED) is 0.824. The van der Waals surface area contributed by atoms with Crippen molar-refractivity contribution in [3.8, 4) is 0 Å². The minimum Gasteiger partial charge on any atom is -0.390 e. The van der Waals surface area contributed by atoms with Gasteiger partial charge >= 0.3 is 0 Å². The van der Waals surface area contributed by atoms with Gasteiger partial charge in [-0.15, -0.1) is 0 Å². The zero-order valence-electron chi connectivity index (χ0n) is 11.1. The van der Waals surface area contributed by atoms with Crippen LogP contribution < -0.4 is 0 Å². The topological polar surface area (TPSA) is 37.3 Å². The number of ketones is 1. The van der Waals surface area contributed by atoms with Gasteiger partial charge in [0.25, 0.3) is 0 Å². The van der Waals surface area contributed by atoms with E-state index >= 15 is 0 Å². The van der Waals surface area contributed by atoms with Crippen molar-refractivity contribution in [3.05, 3.63) is 35.9 Å². The van der Waals surface area contributed by atoms with Gasteiger partial charge in [-0.3, -0.25) is 4.79 Å². The normalized spacial score (nSPS) is 20.3. The van der Waals surface area contributed by atoms with E-state index in [0.29, 0.717) is 6.42 Å². The van der Waals surface area contributed by atoms with Crippen LogP contribution in [0.5, 0.6) is 0 Å². The molecule has 2 nitrogen and oxygen atoms in total. The summed E-state index contributed by atoms with van der Waals surface area (Å²) in [7, 11) is 0. The van der Waals surface area contributed by atoms with Gasteiger partial charge in [0.05, 0.1) is 5.60 Å². The molecule has 0 aromatic heterocycles. The number of hydrogen-bond donors (Lipinski definition) is 1. The number of aliphatic hydroxyl groups is 1. The Labute approximate surface area is 109 Å². The SMILES string of the molecule is CC(CC1(O)CCCCC1)C(=O)c1ccccc1. The van der Waals surface area contributed by atoms with Crippen molar-refractivity contribution in [1.82, 2.24) is 0 Å². The van der Waals surface area contributed by atoms with E-state index in [0.717, 1.165) is 31.2 Å². The first kappa shape index (κ1) is 13.3. The van der Waals surface area contributed by atoms with Crippen LogP contribution in [-0.4, -0.2) is 16.5 Å². The molecule has 1 N–H and O–H groups in total. The molecule has 1 aliphatic rings. The zero-order valence-corrected chi connectivity index (χ0v) is 11.1. The second-order valence-electron chi connectivity index (χ2n) is 5.62. The number of hydrogen-bond acceptors (Lipinski definition) is 2. The van der Waals surface area contributed by atoms with Crippen LogP contribution in [0.1, 0.15) is 55.8 Å². The lowest BCUT2D eigenvalue weighted by molar-refractivity contribution is -0.0139. The van der Waals surface area contributed by atoms with Gasteiger partial charge in [0.1, 0.15) is 0 Å². The number of rotatable bonds is 4. The van der Waals surface area contributed by atoms with Crippen LogP contribution in [0.25, 0.3) is 0 Å². The van der Waals surface area contributed by atoms with E-state index in [4.69, 9.17) is 0 Å². The molecular formula is C16H22O2. The predicted octanol–water partition coefficient (Wildman–Crippen LogP) is 3.59. The third-order valence-electron chi connectivity index (χ3n) is 3.98. The molecule has 0 aliphatic heterocycles. The molecule has 0 heterocycles. The van der Waals surface area contributed by atoms with E-state index in [-0.39, 0.29) is 11.7 Å². The molecule has 1 aliphatic carbocycles. The molecule has 1 unspecified atom stereocenters. The van der Waals surface area contributed by atoms with E-state index in [1.165, 1.54) is 6.42 Å². The Balaban J connectivity index is 1.99. The molecule has 98 valence electrons. The molecule has 1 aromatic rings. The van der Waals surface area contributed by atoms with Gasteiger partial charge in [-0.1, -0.05) is 56.5 Å². The molecule has 18 heavy (non-hydrogen) atoms. The van der Waals surface area contributed by atoms with Gasteiger partial charge in [-0.25, -0.2) is 0 Å². The predicted molar refractivity (Wildman–Crippen MR) is 72.6 cm³/mol. The number of carbonyl (C=O) groups excluding carboxylic acids is 1. The van der Waals surface area contributed by atoms with Crippen molar-refractivity contribution in [2.75, 3.05) is 0 Å². The largest absolute Gasteiger partial charge is 0.390 e. The van der Waals surface area contributed by atoms with Crippen molar-refractivity contribution >= 4 is 5.78 Å². The fourth-order valence-electron chi connectivity index (χ4n) is 2.96. The monoisotopic (exact) mass is 246 g/mol. The molecule has 1 fully saturated rings. The van der Waals surface area contributed by atoms with Crippen molar-refractivity contribution < 1.29 is 9.90 Å². The van der Waals surface area contributed by atoms with Crippen LogP contribution in [0.2, 0.25) is 0 Å². The van der Waals surface area contributed by atoms with E-state index in [1.54, 1.807) is 0 Å². The minimum atomic E-state index is -0.609. The molecule has 0 spiro atoms. The number of benzene rings is 1. The maximum atomic E-state index is 12.2. The zero-order chi connectivity index (χ0) is 13.0. The third kappa shape index (κ3) is 3.20. The minimum absolute atomic E-state index is 0.101. The lowest BCUT2D eigenvalue weighted by atomic mass is 9.77. The molecule has 1 atom stereocenters. The maximum absolute atomic E-state index is 12.2. The summed E-state index contributed by atoms with van der Waals surface area (Å²) >= 11 is 0. The highest BCUT2D eigenvalue weighted by Gasteiger charge is 2.32. The van der Waals surface area contributed by atoms with Crippen LogP contribution in [0.4, 0.5) is 0 Å². The van der Waals surface area contributed by atoms with Crippen molar-refractivity contribution in [1.29, 1.82) is 0 Å². The molecule has 2 heteroatoms. The summed E-state index contributed by atoms with van der Waals surface area (Å²) in [5, 5.41) is 10.5. The first-order valence-electron chi connectivity index (χ1n) is 6.92. The summed E-state index contributed by atoms with van der Waals surface area (Å²) in [5.74, 6) is 0.0464. The Bertz CT molecular complexity index is 391. The summed E-state index contributed by atoms with van der Waals surface area (Å²) < 4.78 is 0. The van der Waals surface area contributed by atoms with E-state index in [9.17, 15) is 9.90 Å². The summed E-state index contributed by atoms with van der Waals surface area (Å²) in [6, 6.07) is 9.38. The highest BCUT2D eigenvalue weighted by Crippen LogP contribution is 2.34. The second-order valence-corrected chi connectivity index (χ2v) is 5.62. The fraction of sp³-hybridized carbons (Fsp3) is 0.562. The first-order chi connectivity index (χ1) is 8.61. The summed E-state index contributed by atoms with van der Waals surface area (Å²) in [4.78, 5) is 12.2. The average Bonchev–Trinajstić information content (AvgIpc) is 2.39. The third-order valence-corrected chi connectivity index (χ3v) is 3.98. The van der Waals surface area contributed by atoms with Gasteiger partial charge in [0.2, 0.25) is 0 Å². The molecule has 1 saturated carbocycles. The fourth-order valence-corrected chi connectivity index (χ4v) is 2.96. The van der Waals surface area contributed by atoms with Gasteiger partial charge in [-0.2, -0.15) is 0 Å². The van der Waals surface area contributed by atoms with Crippen LogP contribution in [-0.2, 0) is 0 Å². The molecule has 2 rings (SSSR count). The Morgan fingerprint density at radius 1 is 1.22 bits per heavy atom. The summed E-state index contributed by atoms with van der Waals surface area (Å²) in [6.45, 7) is 1.93. The number of Topliss-reactive ketones (excluding diaryl/α,β-unsaturated/α-hetero) is 1.